The summed E-state index contributed by atoms with van der Waals surface area (Å²) in [6.07, 6.45) is 2.53. The molecule has 7 heteroatoms. The highest BCUT2D eigenvalue weighted by Crippen LogP contribution is 2.27. The van der Waals surface area contributed by atoms with Crippen molar-refractivity contribution in [1.29, 1.82) is 0 Å². The number of nitrogens with one attached hydrogen (secondary N) is 1. The second-order valence-corrected chi connectivity index (χ2v) is 4.47. The number of nitrogens with zero attached hydrogens (tertiary/aromatic N) is 2. The second kappa shape index (κ2) is 6.67. The van der Waals surface area contributed by atoms with Gasteiger partial charge in [-0.3, -0.25) is 4.57 Å². The molecule has 0 radical (unpaired) electrons. The first kappa shape index (κ1) is 14.7. The summed E-state index contributed by atoms with van der Waals surface area (Å²) < 4.78 is 31.7. The number of imidazole rings is 1. The zero-order valence-corrected chi connectivity index (χ0v) is 11.6. The maximum atomic E-state index is 12.7. The lowest BCUT2D eigenvalue weighted by Gasteiger charge is -2.13. The first-order valence-electron chi connectivity index (χ1n) is 5.98. The molecular weight excluding hydrogens is 288 g/mol. The van der Waals surface area contributed by atoms with Crippen molar-refractivity contribution in [2.24, 2.45) is 0 Å². The van der Waals surface area contributed by atoms with Gasteiger partial charge in [-0.1, -0.05) is 17.7 Å². The molecule has 0 fully saturated rings. The lowest BCUT2D eigenvalue weighted by molar-refractivity contribution is 0.0632. The number of benzene rings is 1. The van der Waals surface area contributed by atoms with Crippen molar-refractivity contribution in [2.75, 3.05) is 7.05 Å². The summed E-state index contributed by atoms with van der Waals surface area (Å²) in [4.78, 5) is 3.86. The van der Waals surface area contributed by atoms with Gasteiger partial charge in [0, 0.05) is 29.5 Å². The molecule has 1 heterocycles. The van der Waals surface area contributed by atoms with E-state index in [9.17, 15) is 8.78 Å². The molecule has 4 nitrogen and oxygen atoms in total. The Morgan fingerprint density at radius 3 is 2.95 bits per heavy atom. The van der Waals surface area contributed by atoms with Gasteiger partial charge in [-0.05, 0) is 19.2 Å². The second-order valence-electron chi connectivity index (χ2n) is 4.06. The average Bonchev–Trinajstić information content (AvgIpc) is 2.88. The van der Waals surface area contributed by atoms with Crippen LogP contribution >= 0.6 is 11.6 Å². The molecule has 0 aliphatic carbocycles. The minimum absolute atomic E-state index is 0.0472. The van der Waals surface area contributed by atoms with Crippen LogP contribution in [0.15, 0.2) is 30.6 Å². The van der Waals surface area contributed by atoms with E-state index in [1.165, 1.54) is 12.4 Å². The summed E-state index contributed by atoms with van der Waals surface area (Å²) in [5, 5.41) is 3.55. The van der Waals surface area contributed by atoms with E-state index < -0.39 is 6.55 Å². The molecule has 108 valence electrons. The highest BCUT2D eigenvalue weighted by Gasteiger charge is 2.13. The molecule has 0 saturated heterocycles. The summed E-state index contributed by atoms with van der Waals surface area (Å²) in [5.74, 6) is 0.714. The summed E-state index contributed by atoms with van der Waals surface area (Å²) >= 11 is 6.09. The molecule has 0 saturated carbocycles. The first-order valence-corrected chi connectivity index (χ1v) is 6.36. The Balaban J connectivity index is 2.14. The van der Waals surface area contributed by atoms with E-state index in [0.717, 1.165) is 10.1 Å². The Bertz CT molecular complexity index is 574. The number of aromatic nitrogens is 2. The number of alkyl halides is 2. The molecule has 0 atom stereocenters. The Hall–Kier alpha value is -1.66. The first-order chi connectivity index (χ1) is 9.63. The van der Waals surface area contributed by atoms with E-state index in [-0.39, 0.29) is 12.4 Å². The highest BCUT2D eigenvalue weighted by molar-refractivity contribution is 6.31. The lowest BCUT2D eigenvalue weighted by Crippen LogP contribution is -2.10. The number of rotatable bonds is 6. The molecule has 1 aromatic heterocycles. The van der Waals surface area contributed by atoms with Gasteiger partial charge in [0.15, 0.2) is 5.82 Å². The van der Waals surface area contributed by atoms with Crippen LogP contribution in [-0.4, -0.2) is 16.6 Å². The molecule has 1 aromatic carbocycles. The largest absolute Gasteiger partial charge is 0.485 e. The standard InChI is InChI=1S/C13H14ClF2N3O/c1-17-7-9-10(14)3-2-4-11(9)20-8-12-18-5-6-19(12)13(15)16/h2-6,13,17H,7-8H2,1H3. The van der Waals surface area contributed by atoms with Crippen molar-refractivity contribution in [2.45, 2.75) is 19.7 Å². The van der Waals surface area contributed by atoms with Gasteiger partial charge in [0.2, 0.25) is 0 Å². The fourth-order valence-electron chi connectivity index (χ4n) is 1.80. The Kier molecular flexibility index (Phi) is 4.92. The van der Waals surface area contributed by atoms with E-state index >= 15 is 0 Å². The van der Waals surface area contributed by atoms with Crippen LogP contribution in [0.1, 0.15) is 17.9 Å². The molecule has 2 aromatic rings. The molecular formula is C13H14ClF2N3O. The maximum Gasteiger partial charge on any atom is 0.320 e. The van der Waals surface area contributed by atoms with Gasteiger partial charge in [0.05, 0.1) is 0 Å². The summed E-state index contributed by atoms with van der Waals surface area (Å²) in [6.45, 7) is -2.15. The number of ether oxygens (including phenoxy) is 1. The molecule has 1 N–H and O–H groups in total. The van der Waals surface area contributed by atoms with Gasteiger partial charge in [-0.2, -0.15) is 8.78 Å². The SMILES string of the molecule is CNCc1c(Cl)cccc1OCc1nccn1C(F)F. The fourth-order valence-corrected chi connectivity index (χ4v) is 2.03. The third-order valence-corrected chi connectivity index (χ3v) is 3.10. The molecule has 20 heavy (non-hydrogen) atoms. The third-order valence-electron chi connectivity index (χ3n) is 2.75. The molecule has 0 aliphatic heterocycles. The van der Waals surface area contributed by atoms with E-state index in [2.05, 4.69) is 10.3 Å². The van der Waals surface area contributed by atoms with Crippen LogP contribution in [0.4, 0.5) is 8.78 Å². The smallest absolute Gasteiger partial charge is 0.320 e. The molecule has 2 rings (SSSR count). The van der Waals surface area contributed by atoms with Crippen LogP contribution in [0, 0.1) is 0 Å². The zero-order chi connectivity index (χ0) is 14.5. The molecule has 0 amide bonds. The monoisotopic (exact) mass is 301 g/mol. The highest BCUT2D eigenvalue weighted by atomic mass is 35.5. The van der Waals surface area contributed by atoms with Crippen LogP contribution in [-0.2, 0) is 13.2 Å². The van der Waals surface area contributed by atoms with Gasteiger partial charge < -0.3 is 10.1 Å². The third kappa shape index (κ3) is 3.26. The Morgan fingerprint density at radius 1 is 1.45 bits per heavy atom. The Morgan fingerprint density at radius 2 is 2.25 bits per heavy atom. The topological polar surface area (TPSA) is 39.1 Å². The predicted molar refractivity (Wildman–Crippen MR) is 72.0 cm³/mol. The number of halogens is 3. The minimum Gasteiger partial charge on any atom is -0.485 e. The molecule has 0 aliphatic rings. The summed E-state index contributed by atoms with van der Waals surface area (Å²) in [7, 11) is 1.79. The zero-order valence-electron chi connectivity index (χ0n) is 10.8. The summed E-state index contributed by atoms with van der Waals surface area (Å²) in [6, 6.07) is 5.24. The molecule has 0 spiro atoms. The Labute approximate surface area is 120 Å². The van der Waals surface area contributed by atoms with E-state index in [1.54, 1.807) is 25.2 Å². The van der Waals surface area contributed by atoms with Gasteiger partial charge >= 0.3 is 6.55 Å². The lowest BCUT2D eigenvalue weighted by atomic mass is 10.2. The normalized spacial score (nSPS) is 11.1. The minimum atomic E-state index is -2.63. The molecule has 0 bridgehead atoms. The fraction of sp³-hybridized carbons (Fsp3) is 0.308. The van der Waals surface area contributed by atoms with Crippen molar-refractivity contribution < 1.29 is 13.5 Å². The average molecular weight is 302 g/mol. The van der Waals surface area contributed by atoms with Crippen molar-refractivity contribution in [1.82, 2.24) is 14.9 Å². The van der Waals surface area contributed by atoms with Gasteiger partial charge in [0.1, 0.15) is 12.4 Å². The number of hydrogen-bond donors (Lipinski definition) is 1. The van der Waals surface area contributed by atoms with Gasteiger partial charge in [0.25, 0.3) is 0 Å². The summed E-state index contributed by atoms with van der Waals surface area (Å²) in [5.41, 5.74) is 0.784. The van der Waals surface area contributed by atoms with Gasteiger partial charge in [-0.15, -0.1) is 0 Å². The van der Waals surface area contributed by atoms with Crippen LogP contribution < -0.4 is 10.1 Å². The van der Waals surface area contributed by atoms with E-state index in [4.69, 9.17) is 16.3 Å². The number of hydrogen-bond acceptors (Lipinski definition) is 3. The van der Waals surface area contributed by atoms with Gasteiger partial charge in [-0.25, -0.2) is 4.98 Å². The van der Waals surface area contributed by atoms with Crippen molar-refractivity contribution in [3.05, 3.63) is 47.0 Å². The van der Waals surface area contributed by atoms with Crippen LogP contribution in [0.5, 0.6) is 5.75 Å². The van der Waals surface area contributed by atoms with Crippen LogP contribution in [0.25, 0.3) is 0 Å². The molecule has 0 unspecified atom stereocenters. The van der Waals surface area contributed by atoms with E-state index in [1.807, 2.05) is 0 Å². The quantitative estimate of drug-likeness (QED) is 0.890. The maximum absolute atomic E-state index is 12.7. The van der Waals surface area contributed by atoms with Crippen LogP contribution in [0.3, 0.4) is 0 Å². The van der Waals surface area contributed by atoms with Crippen molar-refractivity contribution >= 4 is 11.6 Å². The predicted octanol–water partition coefficient (Wildman–Crippen LogP) is 3.23. The van der Waals surface area contributed by atoms with Crippen LogP contribution in [0.2, 0.25) is 5.02 Å². The van der Waals surface area contributed by atoms with E-state index in [0.29, 0.717) is 17.3 Å². The van der Waals surface area contributed by atoms with Crippen molar-refractivity contribution in [3.8, 4) is 5.75 Å². The van der Waals surface area contributed by atoms with Crippen molar-refractivity contribution in [3.63, 3.8) is 0 Å².